The smallest absolute Gasteiger partial charge is 0.444 e. The third kappa shape index (κ3) is 5.24. The monoisotopic (exact) mass is 498 g/mol. The summed E-state index contributed by atoms with van der Waals surface area (Å²) in [5.74, 6) is -0.175. The van der Waals surface area contributed by atoms with Gasteiger partial charge < -0.3 is 14.4 Å². The molecule has 0 radical (unpaired) electrons. The molecule has 0 spiro atoms. The molecule has 2 aromatic rings. The Bertz CT molecular complexity index is 1180. The predicted octanol–water partition coefficient (Wildman–Crippen LogP) is 4.89. The number of halogens is 3. The van der Waals surface area contributed by atoms with Gasteiger partial charge in [-0.15, -0.1) is 13.2 Å². The average molecular weight is 499 g/mol. The van der Waals surface area contributed by atoms with Crippen molar-refractivity contribution in [1.82, 2.24) is 4.90 Å². The SMILES string of the molecule is CC(C)(C)OC(=O)N1C[C@H]2C[C@@]2(c2ccc(NS(=O)(=O)c3ccc(OC(F)(F)F)cc3)cc2)C1. The first-order valence-corrected chi connectivity index (χ1v) is 12.1. The topological polar surface area (TPSA) is 84.9 Å². The van der Waals surface area contributed by atoms with Crippen molar-refractivity contribution in [3.8, 4) is 5.75 Å². The molecule has 1 aliphatic carbocycles. The number of nitrogens with one attached hydrogen (secondary N) is 1. The van der Waals surface area contributed by atoms with E-state index in [1.807, 2.05) is 32.9 Å². The van der Waals surface area contributed by atoms with Gasteiger partial charge in [-0.25, -0.2) is 13.2 Å². The highest BCUT2D eigenvalue weighted by atomic mass is 32.2. The van der Waals surface area contributed by atoms with Crippen LogP contribution < -0.4 is 9.46 Å². The number of piperidine rings is 1. The van der Waals surface area contributed by atoms with Crippen LogP contribution in [0.1, 0.15) is 32.8 Å². The van der Waals surface area contributed by atoms with Crippen LogP contribution in [0.15, 0.2) is 53.4 Å². The lowest BCUT2D eigenvalue weighted by molar-refractivity contribution is -0.274. The molecule has 7 nitrogen and oxygen atoms in total. The lowest BCUT2D eigenvalue weighted by Crippen LogP contribution is -2.37. The van der Waals surface area contributed by atoms with E-state index < -0.39 is 27.7 Å². The van der Waals surface area contributed by atoms with Crippen molar-refractivity contribution in [2.45, 2.75) is 49.5 Å². The fourth-order valence-corrected chi connectivity index (χ4v) is 5.36. The molecule has 0 unspecified atom stereocenters. The van der Waals surface area contributed by atoms with Gasteiger partial charge in [0.2, 0.25) is 0 Å². The Morgan fingerprint density at radius 1 is 1.06 bits per heavy atom. The third-order valence-corrected chi connectivity index (χ3v) is 7.27. The summed E-state index contributed by atoms with van der Waals surface area (Å²) < 4.78 is 73.7. The molecule has 1 aliphatic heterocycles. The molecule has 2 atom stereocenters. The van der Waals surface area contributed by atoms with E-state index in [0.717, 1.165) is 36.2 Å². The molecule has 11 heteroatoms. The van der Waals surface area contributed by atoms with Crippen molar-refractivity contribution in [2.75, 3.05) is 17.8 Å². The van der Waals surface area contributed by atoms with Crippen LogP contribution in [0, 0.1) is 5.92 Å². The van der Waals surface area contributed by atoms with Crippen molar-refractivity contribution in [2.24, 2.45) is 5.92 Å². The number of carbonyl (C=O) groups is 1. The molecular weight excluding hydrogens is 473 g/mol. The summed E-state index contributed by atoms with van der Waals surface area (Å²) >= 11 is 0. The second-order valence-electron chi connectivity index (χ2n) is 9.62. The molecule has 2 aliphatic rings. The number of sulfonamides is 1. The Hall–Kier alpha value is -2.95. The van der Waals surface area contributed by atoms with Gasteiger partial charge in [0.15, 0.2) is 0 Å². The van der Waals surface area contributed by atoms with E-state index >= 15 is 0 Å². The summed E-state index contributed by atoms with van der Waals surface area (Å²) in [4.78, 5) is 13.9. The maximum absolute atomic E-state index is 12.6. The first kappa shape index (κ1) is 24.2. The minimum absolute atomic E-state index is 0.150. The van der Waals surface area contributed by atoms with E-state index in [-0.39, 0.29) is 16.4 Å². The summed E-state index contributed by atoms with van der Waals surface area (Å²) in [6.07, 6.45) is -4.25. The predicted molar refractivity (Wildman–Crippen MR) is 118 cm³/mol. The van der Waals surface area contributed by atoms with Gasteiger partial charge in [0.05, 0.1) is 4.90 Å². The van der Waals surface area contributed by atoms with Crippen LogP contribution in [-0.4, -0.2) is 44.5 Å². The average Bonchev–Trinajstić information content (AvgIpc) is 3.27. The van der Waals surface area contributed by atoms with E-state index in [9.17, 15) is 26.4 Å². The summed E-state index contributed by atoms with van der Waals surface area (Å²) in [5, 5.41) is 0. The number of carbonyl (C=O) groups excluding carboxylic acids is 1. The highest BCUT2D eigenvalue weighted by Crippen LogP contribution is 2.59. The number of hydrogen-bond acceptors (Lipinski definition) is 5. The standard InChI is InChI=1S/C23H25F3N2O5S/c1-21(2,3)33-20(29)28-13-16-12-22(16,14-28)15-4-6-17(7-5-15)27-34(30,31)19-10-8-18(9-11-19)32-23(24,25)26/h4-11,16,27H,12-14H2,1-3H3/t16-,22+/m1/s1. The highest BCUT2D eigenvalue weighted by molar-refractivity contribution is 7.92. The lowest BCUT2D eigenvalue weighted by Gasteiger charge is -2.26. The molecule has 4 rings (SSSR count). The maximum Gasteiger partial charge on any atom is 0.573 e. The van der Waals surface area contributed by atoms with Crippen molar-refractivity contribution >= 4 is 21.8 Å². The molecule has 1 heterocycles. The molecule has 2 aromatic carbocycles. The molecule has 0 bridgehead atoms. The van der Waals surface area contributed by atoms with Gasteiger partial charge in [-0.3, -0.25) is 4.72 Å². The van der Waals surface area contributed by atoms with E-state index in [1.165, 1.54) is 0 Å². The van der Waals surface area contributed by atoms with Crippen molar-refractivity contribution in [1.29, 1.82) is 0 Å². The zero-order chi connectivity index (χ0) is 24.9. The minimum Gasteiger partial charge on any atom is -0.444 e. The first-order chi connectivity index (χ1) is 15.7. The van der Waals surface area contributed by atoms with Crippen LogP contribution in [-0.2, 0) is 20.2 Å². The van der Waals surface area contributed by atoms with Gasteiger partial charge in [-0.05, 0) is 75.1 Å². The van der Waals surface area contributed by atoms with Gasteiger partial charge in [0.25, 0.3) is 10.0 Å². The largest absolute Gasteiger partial charge is 0.573 e. The van der Waals surface area contributed by atoms with E-state index in [4.69, 9.17) is 4.74 Å². The quantitative estimate of drug-likeness (QED) is 0.634. The fourth-order valence-electron chi connectivity index (χ4n) is 4.30. The second-order valence-corrected chi connectivity index (χ2v) is 11.3. The summed E-state index contributed by atoms with van der Waals surface area (Å²) in [7, 11) is -4.00. The van der Waals surface area contributed by atoms with Crippen LogP contribution in [0.4, 0.5) is 23.7 Å². The Labute approximate surface area is 195 Å². The maximum atomic E-state index is 12.6. The molecule has 1 N–H and O–H groups in total. The number of hydrogen-bond donors (Lipinski definition) is 1. The summed E-state index contributed by atoms with van der Waals surface area (Å²) in [6.45, 7) is 6.63. The molecule has 184 valence electrons. The minimum atomic E-state index is -4.86. The Kier molecular flexibility index (Phi) is 5.74. The van der Waals surface area contributed by atoms with Crippen molar-refractivity contribution in [3.63, 3.8) is 0 Å². The Morgan fingerprint density at radius 2 is 1.68 bits per heavy atom. The molecule has 34 heavy (non-hydrogen) atoms. The number of fused-ring (bicyclic) bond motifs is 1. The molecule has 2 fully saturated rings. The number of benzene rings is 2. The Balaban J connectivity index is 1.41. The fraction of sp³-hybridized carbons (Fsp3) is 0.435. The number of ether oxygens (including phenoxy) is 2. The number of likely N-dealkylation sites (tertiary alicyclic amines) is 1. The van der Waals surface area contributed by atoms with Crippen LogP contribution in [0.25, 0.3) is 0 Å². The van der Waals surface area contributed by atoms with E-state index in [2.05, 4.69) is 9.46 Å². The van der Waals surface area contributed by atoms with Crippen LogP contribution in [0.3, 0.4) is 0 Å². The number of alkyl halides is 3. The van der Waals surface area contributed by atoms with Gasteiger partial charge in [-0.2, -0.15) is 0 Å². The Morgan fingerprint density at radius 3 is 2.24 bits per heavy atom. The molecular formula is C23H25F3N2O5S. The van der Waals surface area contributed by atoms with Crippen LogP contribution in [0.2, 0.25) is 0 Å². The van der Waals surface area contributed by atoms with E-state index in [0.29, 0.717) is 24.7 Å². The number of rotatable bonds is 5. The van der Waals surface area contributed by atoms with E-state index in [1.54, 1.807) is 17.0 Å². The zero-order valence-electron chi connectivity index (χ0n) is 18.8. The van der Waals surface area contributed by atoms with Crippen LogP contribution >= 0.6 is 0 Å². The van der Waals surface area contributed by atoms with Gasteiger partial charge in [-0.1, -0.05) is 12.1 Å². The zero-order valence-corrected chi connectivity index (χ0v) is 19.7. The molecule has 0 aromatic heterocycles. The number of amides is 1. The highest BCUT2D eigenvalue weighted by Gasteiger charge is 2.62. The van der Waals surface area contributed by atoms with Gasteiger partial charge >= 0.3 is 12.5 Å². The third-order valence-electron chi connectivity index (χ3n) is 5.88. The second kappa shape index (κ2) is 8.07. The van der Waals surface area contributed by atoms with Crippen LogP contribution in [0.5, 0.6) is 5.75 Å². The van der Waals surface area contributed by atoms with Gasteiger partial charge in [0, 0.05) is 24.2 Å². The first-order valence-electron chi connectivity index (χ1n) is 10.6. The number of anilines is 1. The van der Waals surface area contributed by atoms with Gasteiger partial charge in [0.1, 0.15) is 11.4 Å². The van der Waals surface area contributed by atoms with Crippen molar-refractivity contribution < 1.29 is 35.9 Å². The lowest BCUT2D eigenvalue weighted by atomic mass is 9.95. The number of nitrogens with zero attached hydrogens (tertiary/aromatic N) is 1. The summed E-state index contributed by atoms with van der Waals surface area (Å²) in [5.41, 5.74) is 0.611. The molecule has 1 amide bonds. The molecule has 1 saturated heterocycles. The normalized spacial score (nSPS) is 22.2. The molecule has 1 saturated carbocycles. The summed E-state index contributed by atoms with van der Waals surface area (Å²) in [6, 6.07) is 10.9. The van der Waals surface area contributed by atoms with Crippen molar-refractivity contribution in [3.05, 3.63) is 54.1 Å².